The lowest BCUT2D eigenvalue weighted by Gasteiger charge is -2.09. The van der Waals surface area contributed by atoms with E-state index >= 15 is 0 Å². The minimum Gasteiger partial charge on any atom is -0.508 e. The Morgan fingerprint density at radius 3 is 1.48 bits per heavy atom. The van der Waals surface area contributed by atoms with E-state index in [9.17, 15) is 31.4 Å². The molecule has 0 aliphatic rings. The molecule has 0 unspecified atom stereocenters. The molecule has 0 aliphatic heterocycles. The van der Waals surface area contributed by atoms with Gasteiger partial charge in [-0.05, 0) is 103 Å². The smallest absolute Gasteiger partial charge is 0.416 e. The van der Waals surface area contributed by atoms with Gasteiger partial charge in [-0.25, -0.2) is 0 Å². The Morgan fingerprint density at radius 2 is 1.05 bits per heavy atom. The van der Waals surface area contributed by atoms with E-state index < -0.39 is 23.5 Å². The van der Waals surface area contributed by atoms with Crippen LogP contribution in [0, 0.1) is 30.6 Å². The summed E-state index contributed by atoms with van der Waals surface area (Å²) in [6, 6.07) is 18.9. The molecule has 40 heavy (non-hydrogen) atoms. The molecule has 0 heterocycles. The second-order valence-corrected chi connectivity index (χ2v) is 8.81. The number of benzene rings is 4. The average molecular weight is 550 g/mol. The third-order valence-corrected chi connectivity index (χ3v) is 5.69. The van der Waals surface area contributed by atoms with E-state index in [4.69, 9.17) is 4.74 Å². The number of hydrogen-bond donors (Lipinski definition) is 1. The number of ether oxygens (including phenoxy) is 1. The number of hydrogen-bond acceptors (Lipinski definition) is 2. The fourth-order valence-electron chi connectivity index (χ4n) is 3.58. The van der Waals surface area contributed by atoms with Gasteiger partial charge >= 0.3 is 12.4 Å². The van der Waals surface area contributed by atoms with Gasteiger partial charge in [0.1, 0.15) is 18.1 Å². The number of phenols is 1. The molecule has 1 N–H and O–H groups in total. The summed E-state index contributed by atoms with van der Waals surface area (Å²) in [7, 11) is 0. The molecule has 0 amide bonds. The summed E-state index contributed by atoms with van der Waals surface area (Å²) in [5.41, 5.74) is 1.56. The SMILES string of the molecule is Cc1cc(OCc2cc(C#Cc3ccc(C(F)(F)F)cc3)cc(C#Cc3ccc(C(F)(F)F)cc3)c2)ccc1O. The van der Waals surface area contributed by atoms with E-state index in [1.165, 1.54) is 30.3 Å². The Balaban J connectivity index is 1.63. The maximum atomic E-state index is 12.8. The van der Waals surface area contributed by atoms with E-state index in [-0.39, 0.29) is 12.4 Å². The van der Waals surface area contributed by atoms with Crippen molar-refractivity contribution >= 4 is 0 Å². The van der Waals surface area contributed by atoms with Gasteiger partial charge in [0.05, 0.1) is 11.1 Å². The van der Waals surface area contributed by atoms with Crippen molar-refractivity contribution in [2.45, 2.75) is 25.9 Å². The van der Waals surface area contributed by atoms with Crippen molar-refractivity contribution in [2.75, 3.05) is 0 Å². The lowest BCUT2D eigenvalue weighted by molar-refractivity contribution is -0.138. The van der Waals surface area contributed by atoms with Gasteiger partial charge in [0.25, 0.3) is 0 Å². The molecule has 0 radical (unpaired) electrons. The van der Waals surface area contributed by atoms with Crippen molar-refractivity contribution < 1.29 is 36.2 Å². The highest BCUT2D eigenvalue weighted by molar-refractivity contribution is 5.51. The van der Waals surface area contributed by atoms with E-state index in [0.29, 0.717) is 39.1 Å². The first-order valence-electron chi connectivity index (χ1n) is 11.8. The largest absolute Gasteiger partial charge is 0.508 e. The number of aryl methyl sites for hydroxylation is 1. The third-order valence-electron chi connectivity index (χ3n) is 5.69. The van der Waals surface area contributed by atoms with Gasteiger partial charge in [-0.1, -0.05) is 23.7 Å². The number of phenolic OH excluding ortho intramolecular Hbond substituents is 1. The molecule has 0 aromatic heterocycles. The number of rotatable bonds is 3. The van der Waals surface area contributed by atoms with Crippen LogP contribution in [0.15, 0.2) is 84.9 Å². The molecule has 0 saturated heterocycles. The minimum absolute atomic E-state index is 0.120. The topological polar surface area (TPSA) is 29.5 Å². The van der Waals surface area contributed by atoms with Crippen LogP contribution in [0.5, 0.6) is 11.5 Å². The summed E-state index contributed by atoms with van der Waals surface area (Å²) in [5, 5.41) is 9.72. The van der Waals surface area contributed by atoms with Crippen molar-refractivity contribution in [1.82, 2.24) is 0 Å². The highest BCUT2D eigenvalue weighted by Crippen LogP contribution is 2.30. The molecule has 0 fully saturated rings. The third kappa shape index (κ3) is 7.61. The fourth-order valence-corrected chi connectivity index (χ4v) is 3.58. The zero-order valence-electron chi connectivity index (χ0n) is 20.9. The minimum atomic E-state index is -4.45. The van der Waals surface area contributed by atoms with Crippen molar-refractivity contribution in [3.05, 3.63) is 129 Å². The molecular weight excluding hydrogens is 530 g/mol. The van der Waals surface area contributed by atoms with Crippen LogP contribution in [0.25, 0.3) is 0 Å². The van der Waals surface area contributed by atoms with Gasteiger partial charge in [-0.3, -0.25) is 0 Å². The zero-order chi connectivity index (χ0) is 28.9. The van der Waals surface area contributed by atoms with Gasteiger partial charge in [0, 0.05) is 22.3 Å². The van der Waals surface area contributed by atoms with Gasteiger partial charge in [0.2, 0.25) is 0 Å². The molecule has 0 spiro atoms. The molecule has 0 aliphatic carbocycles. The average Bonchev–Trinajstić information content (AvgIpc) is 2.91. The first kappa shape index (κ1) is 28.2. The molecule has 2 nitrogen and oxygen atoms in total. The Morgan fingerprint density at radius 1 is 0.600 bits per heavy atom. The summed E-state index contributed by atoms with van der Waals surface area (Å²) in [6.07, 6.45) is -8.89. The van der Waals surface area contributed by atoms with Crippen molar-refractivity contribution in [3.63, 3.8) is 0 Å². The quantitative estimate of drug-likeness (QED) is 0.206. The van der Waals surface area contributed by atoms with E-state index in [1.54, 1.807) is 37.3 Å². The molecule has 0 atom stereocenters. The summed E-state index contributed by atoms with van der Waals surface area (Å²) in [6.45, 7) is 1.85. The Labute approximate surface area is 226 Å². The maximum Gasteiger partial charge on any atom is 0.416 e. The van der Waals surface area contributed by atoms with Crippen molar-refractivity contribution in [2.24, 2.45) is 0 Å². The van der Waals surface area contributed by atoms with E-state index in [0.717, 1.165) is 24.3 Å². The molecule has 4 aromatic carbocycles. The second-order valence-electron chi connectivity index (χ2n) is 8.81. The standard InChI is InChI=1S/C32H20F6O2/c1-21-16-29(14-15-30(21)39)40-20-26-18-24(4-2-22-6-10-27(11-7-22)31(33,34)35)17-25(19-26)5-3-23-8-12-28(13-9-23)32(36,37)38/h6-19,39H,20H2,1H3. The van der Waals surface area contributed by atoms with Crippen LogP contribution in [0.1, 0.15) is 44.5 Å². The monoisotopic (exact) mass is 550 g/mol. The van der Waals surface area contributed by atoms with Crippen LogP contribution in [-0.2, 0) is 19.0 Å². The Kier molecular flexibility index (Phi) is 8.11. The molecule has 202 valence electrons. The first-order valence-corrected chi connectivity index (χ1v) is 11.8. The van der Waals surface area contributed by atoms with Crippen molar-refractivity contribution in [3.8, 4) is 35.2 Å². The highest BCUT2D eigenvalue weighted by atomic mass is 19.4. The molecule has 0 saturated carbocycles. The lowest BCUT2D eigenvalue weighted by atomic mass is 10.0. The van der Waals surface area contributed by atoms with Gasteiger partial charge in [0.15, 0.2) is 0 Å². The summed E-state index contributed by atoms with van der Waals surface area (Å²) < 4.78 is 82.9. The summed E-state index contributed by atoms with van der Waals surface area (Å²) >= 11 is 0. The lowest BCUT2D eigenvalue weighted by Crippen LogP contribution is -2.04. The fraction of sp³-hybridized carbons (Fsp3) is 0.125. The normalized spacial score (nSPS) is 11.2. The van der Waals surface area contributed by atoms with Crippen LogP contribution in [0.4, 0.5) is 26.3 Å². The Hall–Kier alpha value is -4.82. The number of aromatic hydroxyl groups is 1. The molecule has 4 rings (SSSR count). The highest BCUT2D eigenvalue weighted by Gasteiger charge is 2.30. The summed E-state index contributed by atoms with van der Waals surface area (Å²) in [4.78, 5) is 0. The van der Waals surface area contributed by atoms with Crippen LogP contribution >= 0.6 is 0 Å². The second kappa shape index (κ2) is 11.5. The van der Waals surface area contributed by atoms with E-state index in [2.05, 4.69) is 23.7 Å². The van der Waals surface area contributed by atoms with Gasteiger partial charge in [-0.15, -0.1) is 0 Å². The number of alkyl halides is 6. The van der Waals surface area contributed by atoms with Crippen LogP contribution in [-0.4, -0.2) is 5.11 Å². The first-order chi connectivity index (χ1) is 18.9. The maximum absolute atomic E-state index is 12.8. The Bertz CT molecular complexity index is 1530. The van der Waals surface area contributed by atoms with Crippen molar-refractivity contribution in [1.29, 1.82) is 0 Å². The summed E-state index contributed by atoms with van der Waals surface area (Å²) in [5.74, 6) is 12.2. The molecule has 8 heteroatoms. The molecule has 0 bridgehead atoms. The van der Waals surface area contributed by atoms with Gasteiger partial charge in [-0.2, -0.15) is 26.3 Å². The van der Waals surface area contributed by atoms with Crippen LogP contribution in [0.3, 0.4) is 0 Å². The van der Waals surface area contributed by atoms with E-state index in [1.807, 2.05) is 0 Å². The van der Waals surface area contributed by atoms with Crippen LogP contribution < -0.4 is 4.74 Å². The predicted octanol–water partition coefficient (Wildman–Crippen LogP) is 8.12. The predicted molar refractivity (Wildman–Crippen MR) is 138 cm³/mol. The zero-order valence-corrected chi connectivity index (χ0v) is 20.9. The molecular formula is C32H20F6O2. The molecule has 4 aromatic rings. The number of halogens is 6. The van der Waals surface area contributed by atoms with Gasteiger partial charge < -0.3 is 9.84 Å². The van der Waals surface area contributed by atoms with Crippen LogP contribution in [0.2, 0.25) is 0 Å².